The fraction of sp³-hybridized carbons (Fsp3) is 0.526. The molecule has 0 bridgehead atoms. The molecule has 0 spiro atoms. The molecule has 2 aliphatic heterocycles. The highest BCUT2D eigenvalue weighted by atomic mass is 16.5. The van der Waals surface area contributed by atoms with Crippen LogP contribution in [-0.2, 0) is 19.1 Å². The third-order valence-electron chi connectivity index (χ3n) is 5.41. The topological polar surface area (TPSA) is 95.9 Å². The third-order valence-corrected chi connectivity index (χ3v) is 5.41. The van der Waals surface area contributed by atoms with Gasteiger partial charge in [0, 0.05) is 13.1 Å². The molecule has 2 fully saturated rings. The molecule has 4 atom stereocenters. The number of rotatable bonds is 5. The number of carbonyl (C=O) groups is 3. The molecule has 2 saturated heterocycles. The van der Waals surface area contributed by atoms with Gasteiger partial charge in [-0.2, -0.15) is 0 Å². The van der Waals surface area contributed by atoms with Crippen LogP contribution in [0.5, 0.6) is 5.75 Å². The minimum atomic E-state index is -1.23. The Bertz CT molecular complexity index is 732. The number of hydrogen-bond acceptors (Lipinski definition) is 6. The minimum Gasteiger partial charge on any atom is -0.508 e. The SMILES string of the molecule is CCC[C@@]1(C(=O)OCC)N[C@@H](c2ccc(O)cc2)[C@H]2C(=O)N(C)C(=O)[C@H]21. The Morgan fingerprint density at radius 2 is 1.88 bits per heavy atom. The monoisotopic (exact) mass is 360 g/mol. The summed E-state index contributed by atoms with van der Waals surface area (Å²) in [5.74, 6) is -2.50. The molecule has 0 radical (unpaired) electrons. The first kappa shape index (κ1) is 18.4. The molecule has 26 heavy (non-hydrogen) atoms. The van der Waals surface area contributed by atoms with Crippen molar-refractivity contribution < 1.29 is 24.2 Å². The second-order valence-corrected chi connectivity index (χ2v) is 6.89. The number of fused-ring (bicyclic) bond motifs is 1. The lowest BCUT2D eigenvalue weighted by Crippen LogP contribution is -2.56. The van der Waals surface area contributed by atoms with Gasteiger partial charge < -0.3 is 9.84 Å². The van der Waals surface area contributed by atoms with Gasteiger partial charge in [-0.1, -0.05) is 25.5 Å². The number of phenolic OH excluding ortho intramolecular Hbond substituents is 1. The molecule has 140 valence electrons. The first-order chi connectivity index (χ1) is 12.4. The number of imide groups is 1. The van der Waals surface area contributed by atoms with Crippen LogP contribution in [0.3, 0.4) is 0 Å². The van der Waals surface area contributed by atoms with E-state index in [1.54, 1.807) is 19.1 Å². The number of ether oxygens (including phenoxy) is 1. The van der Waals surface area contributed by atoms with Crippen LogP contribution in [-0.4, -0.2) is 47.0 Å². The van der Waals surface area contributed by atoms with Gasteiger partial charge in [0.15, 0.2) is 0 Å². The Morgan fingerprint density at radius 3 is 2.46 bits per heavy atom. The average Bonchev–Trinajstić information content (AvgIpc) is 3.07. The zero-order valence-corrected chi connectivity index (χ0v) is 15.2. The van der Waals surface area contributed by atoms with E-state index in [1.807, 2.05) is 6.92 Å². The Hall–Kier alpha value is -2.41. The maximum Gasteiger partial charge on any atom is 0.327 e. The number of nitrogens with zero attached hydrogens (tertiary/aromatic N) is 1. The highest BCUT2D eigenvalue weighted by Crippen LogP contribution is 2.50. The third kappa shape index (κ3) is 2.58. The summed E-state index contributed by atoms with van der Waals surface area (Å²) in [6, 6.07) is 5.96. The lowest BCUT2D eigenvalue weighted by Gasteiger charge is -2.32. The first-order valence-electron chi connectivity index (χ1n) is 8.92. The fourth-order valence-corrected chi connectivity index (χ4v) is 4.29. The Balaban J connectivity index is 2.11. The molecule has 2 N–H and O–H groups in total. The zero-order chi connectivity index (χ0) is 19.1. The van der Waals surface area contributed by atoms with Crippen LogP contribution >= 0.6 is 0 Å². The van der Waals surface area contributed by atoms with E-state index in [1.165, 1.54) is 19.2 Å². The van der Waals surface area contributed by atoms with Gasteiger partial charge in [-0.05, 0) is 31.0 Å². The van der Waals surface area contributed by atoms with Gasteiger partial charge in [-0.3, -0.25) is 24.6 Å². The quantitative estimate of drug-likeness (QED) is 0.608. The summed E-state index contributed by atoms with van der Waals surface area (Å²) in [5, 5.41) is 12.8. The standard InChI is InChI=1S/C19H24N2O5/c1-4-10-19(18(25)26-5-2)14-13(16(23)21(3)17(14)24)15(20-19)11-6-8-12(22)9-7-11/h6-9,13-15,20,22H,4-5,10H2,1-3H3/t13-,14-,15-,19+/m0/s1. The number of phenols is 1. The van der Waals surface area contributed by atoms with Gasteiger partial charge >= 0.3 is 5.97 Å². The molecule has 0 unspecified atom stereocenters. The van der Waals surface area contributed by atoms with E-state index >= 15 is 0 Å². The highest BCUT2D eigenvalue weighted by Gasteiger charge is 2.67. The van der Waals surface area contributed by atoms with Crippen molar-refractivity contribution in [1.82, 2.24) is 10.2 Å². The number of carbonyl (C=O) groups excluding carboxylic acids is 3. The van der Waals surface area contributed by atoms with Crippen molar-refractivity contribution in [1.29, 1.82) is 0 Å². The van der Waals surface area contributed by atoms with Gasteiger partial charge in [-0.25, -0.2) is 0 Å². The molecule has 1 aromatic rings. The second kappa shape index (κ2) is 6.72. The number of likely N-dealkylation sites (tertiary alicyclic amines) is 1. The minimum absolute atomic E-state index is 0.111. The largest absolute Gasteiger partial charge is 0.508 e. The van der Waals surface area contributed by atoms with Crippen LogP contribution in [0.4, 0.5) is 0 Å². The number of aromatic hydroxyl groups is 1. The zero-order valence-electron chi connectivity index (χ0n) is 15.2. The highest BCUT2D eigenvalue weighted by molar-refractivity contribution is 6.09. The van der Waals surface area contributed by atoms with Gasteiger partial charge in [0.1, 0.15) is 11.3 Å². The Kier molecular flexibility index (Phi) is 4.75. The molecule has 3 rings (SSSR count). The second-order valence-electron chi connectivity index (χ2n) is 6.89. The molecule has 0 saturated carbocycles. The number of amides is 2. The average molecular weight is 360 g/mol. The molecular weight excluding hydrogens is 336 g/mol. The van der Waals surface area contributed by atoms with E-state index < -0.39 is 29.4 Å². The van der Waals surface area contributed by atoms with Crippen LogP contribution in [0.15, 0.2) is 24.3 Å². The van der Waals surface area contributed by atoms with E-state index in [2.05, 4.69) is 5.32 Å². The molecule has 0 aromatic heterocycles. The van der Waals surface area contributed by atoms with Crippen LogP contribution in [0.1, 0.15) is 38.3 Å². The molecule has 0 aliphatic carbocycles. The van der Waals surface area contributed by atoms with Crippen LogP contribution < -0.4 is 5.32 Å². The summed E-state index contributed by atoms with van der Waals surface area (Å²) in [6.45, 7) is 3.84. The maximum atomic E-state index is 12.9. The number of nitrogens with one attached hydrogen (secondary N) is 1. The first-order valence-corrected chi connectivity index (χ1v) is 8.92. The van der Waals surface area contributed by atoms with Crippen molar-refractivity contribution in [3.05, 3.63) is 29.8 Å². The van der Waals surface area contributed by atoms with Gasteiger partial charge in [-0.15, -0.1) is 0 Å². The molecule has 1 aromatic carbocycles. The molecule has 7 nitrogen and oxygen atoms in total. The lowest BCUT2D eigenvalue weighted by molar-refractivity contribution is -0.156. The van der Waals surface area contributed by atoms with Gasteiger partial charge in [0.25, 0.3) is 0 Å². The Labute approximate surface area is 152 Å². The van der Waals surface area contributed by atoms with Crippen molar-refractivity contribution in [3.8, 4) is 5.75 Å². The molecular formula is C19H24N2O5. The van der Waals surface area contributed by atoms with E-state index in [0.717, 1.165) is 10.5 Å². The van der Waals surface area contributed by atoms with Crippen molar-refractivity contribution >= 4 is 17.8 Å². The molecule has 2 heterocycles. The number of hydrogen-bond donors (Lipinski definition) is 2. The van der Waals surface area contributed by atoms with Crippen molar-refractivity contribution in [2.75, 3.05) is 13.7 Å². The number of esters is 1. The smallest absolute Gasteiger partial charge is 0.327 e. The molecule has 2 aliphatic rings. The summed E-state index contributed by atoms with van der Waals surface area (Å²) in [4.78, 5) is 39.6. The molecule has 7 heteroatoms. The van der Waals surface area contributed by atoms with E-state index in [-0.39, 0.29) is 24.2 Å². The normalized spacial score (nSPS) is 30.6. The summed E-state index contributed by atoms with van der Waals surface area (Å²) in [5.41, 5.74) is -0.480. The maximum absolute atomic E-state index is 12.9. The summed E-state index contributed by atoms with van der Waals surface area (Å²) >= 11 is 0. The van der Waals surface area contributed by atoms with Crippen molar-refractivity contribution in [2.45, 2.75) is 38.3 Å². The van der Waals surface area contributed by atoms with E-state index in [9.17, 15) is 19.5 Å². The summed E-state index contributed by atoms with van der Waals surface area (Å²) in [6.07, 6.45) is 1.05. The predicted octanol–water partition coefficient (Wildman–Crippen LogP) is 1.37. The summed E-state index contributed by atoms with van der Waals surface area (Å²) < 4.78 is 5.29. The Morgan fingerprint density at radius 1 is 1.23 bits per heavy atom. The van der Waals surface area contributed by atoms with E-state index in [0.29, 0.717) is 12.8 Å². The predicted molar refractivity (Wildman–Crippen MR) is 93.0 cm³/mol. The van der Waals surface area contributed by atoms with Crippen LogP contribution in [0.25, 0.3) is 0 Å². The fourth-order valence-electron chi connectivity index (χ4n) is 4.29. The van der Waals surface area contributed by atoms with Crippen LogP contribution in [0.2, 0.25) is 0 Å². The number of benzene rings is 1. The van der Waals surface area contributed by atoms with Gasteiger partial charge in [0.2, 0.25) is 11.8 Å². The van der Waals surface area contributed by atoms with Crippen LogP contribution in [0, 0.1) is 11.8 Å². The molecule has 2 amide bonds. The van der Waals surface area contributed by atoms with Crippen molar-refractivity contribution in [2.24, 2.45) is 11.8 Å². The van der Waals surface area contributed by atoms with E-state index in [4.69, 9.17) is 4.74 Å². The summed E-state index contributed by atoms with van der Waals surface area (Å²) in [7, 11) is 1.46. The van der Waals surface area contributed by atoms with Crippen molar-refractivity contribution in [3.63, 3.8) is 0 Å². The van der Waals surface area contributed by atoms with Gasteiger partial charge in [0.05, 0.1) is 18.4 Å². The lowest BCUT2D eigenvalue weighted by atomic mass is 9.77.